The van der Waals surface area contributed by atoms with Crippen LogP contribution < -0.4 is 4.74 Å². The lowest BCUT2D eigenvalue weighted by atomic mass is 9.84. The molecule has 2 amide bonds. The number of likely N-dealkylation sites (N-methyl/N-ethyl adjacent to an activating group) is 1. The molecule has 1 aliphatic heterocycles. The highest BCUT2D eigenvalue weighted by atomic mass is 16.5. The van der Waals surface area contributed by atoms with Crippen LogP contribution in [0.15, 0.2) is 12.3 Å². The average molecular weight is 444 g/mol. The first-order valence-corrected chi connectivity index (χ1v) is 11.2. The van der Waals surface area contributed by atoms with E-state index in [1.165, 1.54) is 0 Å². The fraction of sp³-hybridized carbons (Fsp3) is 0.625. The number of nitrogens with zero attached hydrogens (tertiary/aromatic N) is 3. The minimum Gasteiger partial charge on any atom is -0.472 e. The molecule has 8 heteroatoms. The fourth-order valence-corrected chi connectivity index (χ4v) is 3.93. The number of carbonyl (C=O) groups excluding carboxylic acids is 2. The van der Waals surface area contributed by atoms with E-state index in [1.54, 1.807) is 36.2 Å². The molecule has 1 aromatic rings. The van der Waals surface area contributed by atoms with Gasteiger partial charge in [-0.25, -0.2) is 4.98 Å². The molecule has 0 aromatic carbocycles. The van der Waals surface area contributed by atoms with E-state index in [4.69, 9.17) is 9.47 Å². The number of ether oxygens (including phenoxy) is 2. The number of fused-ring (bicyclic) bond motifs is 1. The molecule has 32 heavy (non-hydrogen) atoms. The van der Waals surface area contributed by atoms with Gasteiger partial charge in [-0.05, 0) is 25.8 Å². The molecule has 2 aliphatic rings. The third kappa shape index (κ3) is 5.40. The molecule has 1 aliphatic carbocycles. The molecule has 1 saturated carbocycles. The van der Waals surface area contributed by atoms with Gasteiger partial charge in [0.1, 0.15) is 18.3 Å². The van der Waals surface area contributed by atoms with Crippen molar-refractivity contribution in [2.24, 2.45) is 11.8 Å². The van der Waals surface area contributed by atoms with Crippen molar-refractivity contribution in [3.8, 4) is 17.7 Å². The predicted octanol–water partition coefficient (Wildman–Crippen LogP) is 1.56. The highest BCUT2D eigenvalue weighted by molar-refractivity contribution is 5.97. The van der Waals surface area contributed by atoms with E-state index in [9.17, 15) is 14.7 Å². The van der Waals surface area contributed by atoms with Crippen LogP contribution in [0.5, 0.6) is 5.88 Å². The van der Waals surface area contributed by atoms with Crippen molar-refractivity contribution < 1.29 is 24.2 Å². The lowest BCUT2D eigenvalue weighted by Gasteiger charge is -2.38. The molecule has 174 valence electrons. The Hall–Kier alpha value is -2.63. The van der Waals surface area contributed by atoms with Crippen molar-refractivity contribution in [1.29, 1.82) is 0 Å². The molecular formula is C24H33N3O5. The van der Waals surface area contributed by atoms with E-state index in [1.807, 2.05) is 13.8 Å². The predicted molar refractivity (Wildman–Crippen MR) is 119 cm³/mol. The van der Waals surface area contributed by atoms with Crippen LogP contribution in [-0.4, -0.2) is 84.3 Å². The van der Waals surface area contributed by atoms with E-state index in [-0.39, 0.29) is 54.9 Å². The Morgan fingerprint density at radius 3 is 2.84 bits per heavy atom. The summed E-state index contributed by atoms with van der Waals surface area (Å²) in [5.74, 6) is 5.95. The van der Waals surface area contributed by atoms with Gasteiger partial charge in [0.05, 0.1) is 19.2 Å². The first kappa shape index (κ1) is 24.0. The number of hydrogen-bond donors (Lipinski definition) is 1. The number of hydrogen-bond acceptors (Lipinski definition) is 6. The Labute approximate surface area is 189 Å². The summed E-state index contributed by atoms with van der Waals surface area (Å²) in [4.78, 5) is 33.8. The van der Waals surface area contributed by atoms with Crippen molar-refractivity contribution in [3.63, 3.8) is 0 Å². The van der Waals surface area contributed by atoms with E-state index in [0.717, 1.165) is 19.3 Å². The molecule has 3 rings (SSSR count). The van der Waals surface area contributed by atoms with Gasteiger partial charge in [-0.15, -0.1) is 0 Å². The average Bonchev–Trinajstić information content (AvgIpc) is 2.74. The van der Waals surface area contributed by atoms with Gasteiger partial charge in [0.15, 0.2) is 0 Å². The number of amides is 2. The van der Waals surface area contributed by atoms with Crippen molar-refractivity contribution in [1.82, 2.24) is 14.8 Å². The smallest absolute Gasteiger partial charge is 0.259 e. The number of aliphatic hydroxyl groups excluding tert-OH is 1. The van der Waals surface area contributed by atoms with Crippen LogP contribution in [0, 0.1) is 23.7 Å². The van der Waals surface area contributed by atoms with Crippen LogP contribution in [-0.2, 0) is 9.53 Å². The maximum absolute atomic E-state index is 13.3. The largest absolute Gasteiger partial charge is 0.472 e. The van der Waals surface area contributed by atoms with Crippen molar-refractivity contribution in [2.45, 2.75) is 45.3 Å². The number of aromatic nitrogens is 1. The van der Waals surface area contributed by atoms with Crippen LogP contribution in [0.2, 0.25) is 0 Å². The molecule has 0 bridgehead atoms. The van der Waals surface area contributed by atoms with Crippen LogP contribution >= 0.6 is 0 Å². The van der Waals surface area contributed by atoms with Gasteiger partial charge in [-0.2, -0.15) is 0 Å². The normalized spacial score (nSPS) is 21.8. The first-order chi connectivity index (χ1) is 15.3. The summed E-state index contributed by atoms with van der Waals surface area (Å²) in [7, 11) is 3.37. The summed E-state index contributed by atoms with van der Waals surface area (Å²) in [5, 5.41) is 9.75. The van der Waals surface area contributed by atoms with E-state index >= 15 is 0 Å². The zero-order valence-corrected chi connectivity index (χ0v) is 19.3. The molecule has 8 nitrogen and oxygen atoms in total. The monoisotopic (exact) mass is 443 g/mol. The van der Waals surface area contributed by atoms with Gasteiger partial charge >= 0.3 is 0 Å². The lowest BCUT2D eigenvalue weighted by molar-refractivity contribution is -0.138. The third-order valence-corrected chi connectivity index (χ3v) is 6.25. The zero-order chi connectivity index (χ0) is 23.3. The lowest BCUT2D eigenvalue weighted by Crippen LogP contribution is -2.51. The molecule has 0 unspecified atom stereocenters. The molecule has 0 spiro atoms. The number of aliphatic hydroxyl groups is 1. The van der Waals surface area contributed by atoms with Gasteiger partial charge < -0.3 is 24.4 Å². The van der Waals surface area contributed by atoms with Crippen LogP contribution in [0.4, 0.5) is 0 Å². The molecule has 0 saturated heterocycles. The summed E-state index contributed by atoms with van der Waals surface area (Å²) < 4.78 is 11.2. The maximum atomic E-state index is 13.3. The van der Waals surface area contributed by atoms with Gasteiger partial charge in [-0.1, -0.05) is 25.2 Å². The molecule has 1 fully saturated rings. The van der Waals surface area contributed by atoms with Crippen molar-refractivity contribution in [2.75, 3.05) is 40.5 Å². The Morgan fingerprint density at radius 1 is 1.47 bits per heavy atom. The summed E-state index contributed by atoms with van der Waals surface area (Å²) in [6, 6.07) is 1.30. The fourth-order valence-electron chi connectivity index (χ4n) is 3.93. The molecule has 0 radical (unpaired) electrons. The third-order valence-electron chi connectivity index (χ3n) is 6.25. The van der Waals surface area contributed by atoms with E-state index in [2.05, 4.69) is 16.8 Å². The van der Waals surface area contributed by atoms with Gasteiger partial charge in [0.2, 0.25) is 11.8 Å². The Bertz CT molecular complexity index is 889. The molecule has 1 aromatic heterocycles. The summed E-state index contributed by atoms with van der Waals surface area (Å²) >= 11 is 0. The van der Waals surface area contributed by atoms with E-state index < -0.39 is 0 Å². The van der Waals surface area contributed by atoms with Crippen LogP contribution in [0.1, 0.15) is 49.0 Å². The summed E-state index contributed by atoms with van der Waals surface area (Å²) in [6.45, 7) is 4.73. The molecule has 2 heterocycles. The minimum atomic E-state index is -0.367. The number of pyridine rings is 1. The Morgan fingerprint density at radius 2 is 2.22 bits per heavy atom. The first-order valence-electron chi connectivity index (χ1n) is 11.2. The standard InChI is InChI=1S/C24H33N3O5/c1-16-13-27(17(2)15-28)24(30)20-11-18(7-6-10-31-4)12-25-22(20)32-21(16)14-26(3)23(29)19-8-5-9-19/h11-12,16-17,19,21,28H,5,8-10,13-15H2,1-4H3/t16-,17+,21-/m0/s1. The van der Waals surface area contributed by atoms with Crippen LogP contribution in [0.25, 0.3) is 0 Å². The number of methoxy groups -OCH3 is 1. The zero-order valence-electron chi connectivity index (χ0n) is 19.3. The molecule has 3 atom stereocenters. The quantitative estimate of drug-likeness (QED) is 0.671. The van der Waals surface area contributed by atoms with Gasteiger partial charge in [0.25, 0.3) is 5.91 Å². The minimum absolute atomic E-state index is 0.0688. The van der Waals surface area contributed by atoms with Crippen molar-refractivity contribution in [3.05, 3.63) is 23.4 Å². The number of rotatable bonds is 6. The number of carbonyl (C=O) groups is 2. The highest BCUT2D eigenvalue weighted by Crippen LogP contribution is 2.30. The second kappa shape index (κ2) is 10.8. The van der Waals surface area contributed by atoms with Crippen molar-refractivity contribution >= 4 is 11.8 Å². The molecule has 1 N–H and O–H groups in total. The Kier molecular flexibility index (Phi) is 8.10. The molecular weight excluding hydrogens is 410 g/mol. The second-order valence-corrected chi connectivity index (χ2v) is 8.78. The summed E-state index contributed by atoms with van der Waals surface area (Å²) in [6.07, 6.45) is 4.21. The highest BCUT2D eigenvalue weighted by Gasteiger charge is 2.36. The van der Waals surface area contributed by atoms with Gasteiger partial charge in [-0.3, -0.25) is 9.59 Å². The topological polar surface area (TPSA) is 92.2 Å². The van der Waals surface area contributed by atoms with Crippen LogP contribution in [0.3, 0.4) is 0 Å². The maximum Gasteiger partial charge on any atom is 0.259 e. The SMILES string of the molecule is COCC#Cc1cnc2c(c1)C(=O)N([C@H](C)CO)C[C@H](C)[C@H](CN(C)C(=O)C1CCC1)O2. The van der Waals surface area contributed by atoms with Gasteiger partial charge in [0, 0.05) is 44.3 Å². The Balaban J connectivity index is 1.91. The summed E-state index contributed by atoms with van der Waals surface area (Å²) in [5.41, 5.74) is 0.885. The second-order valence-electron chi connectivity index (χ2n) is 8.78. The van der Waals surface area contributed by atoms with E-state index in [0.29, 0.717) is 24.2 Å².